The molecule has 0 radical (unpaired) electrons. The van der Waals surface area contributed by atoms with Gasteiger partial charge in [-0.1, -0.05) is 24.2 Å². The first kappa shape index (κ1) is 16.4. The van der Waals surface area contributed by atoms with Gasteiger partial charge < -0.3 is 19.5 Å². The number of aryl methyl sites for hydroxylation is 2. The lowest BCUT2D eigenvalue weighted by Gasteiger charge is -2.32. The molecule has 2 aromatic heterocycles. The minimum atomic E-state index is -0.105. The number of amides is 1. The molecule has 0 fully saturated rings. The molecule has 26 heavy (non-hydrogen) atoms. The number of nitrogens with zero attached hydrogens (tertiary/aromatic N) is 3. The van der Waals surface area contributed by atoms with Gasteiger partial charge in [0.15, 0.2) is 0 Å². The molecule has 7 nitrogen and oxygen atoms in total. The van der Waals surface area contributed by atoms with Crippen molar-refractivity contribution in [3.63, 3.8) is 0 Å². The van der Waals surface area contributed by atoms with E-state index in [-0.39, 0.29) is 17.6 Å². The van der Waals surface area contributed by atoms with Crippen molar-refractivity contribution in [1.29, 1.82) is 0 Å². The molecule has 0 spiro atoms. The van der Waals surface area contributed by atoms with Crippen LogP contribution in [0.3, 0.4) is 0 Å². The zero-order valence-electron chi connectivity index (χ0n) is 14.7. The highest BCUT2D eigenvalue weighted by molar-refractivity contribution is 5.96. The van der Waals surface area contributed by atoms with Gasteiger partial charge in [0.1, 0.15) is 17.1 Å². The second-order valence-corrected chi connectivity index (χ2v) is 6.51. The third-order valence-corrected chi connectivity index (χ3v) is 4.88. The molecule has 0 saturated heterocycles. The molecule has 1 amide bonds. The zero-order chi connectivity index (χ0) is 18.3. The van der Waals surface area contributed by atoms with Crippen LogP contribution in [0.4, 0.5) is 0 Å². The second-order valence-electron chi connectivity index (χ2n) is 6.51. The van der Waals surface area contributed by atoms with Crippen molar-refractivity contribution in [3.05, 3.63) is 64.6 Å². The van der Waals surface area contributed by atoms with Gasteiger partial charge in [-0.2, -0.15) is 0 Å². The van der Waals surface area contributed by atoms with Gasteiger partial charge in [0, 0.05) is 12.5 Å². The highest BCUT2D eigenvalue weighted by Crippen LogP contribution is 2.34. The van der Waals surface area contributed by atoms with Gasteiger partial charge in [0.2, 0.25) is 0 Å². The summed E-state index contributed by atoms with van der Waals surface area (Å²) in [5, 5.41) is 13.8. The zero-order valence-corrected chi connectivity index (χ0v) is 14.7. The quantitative estimate of drug-likeness (QED) is 0.756. The Hall–Kier alpha value is -3.09. The van der Waals surface area contributed by atoms with Crippen molar-refractivity contribution in [3.8, 4) is 5.75 Å². The molecule has 1 atom stereocenters. The van der Waals surface area contributed by atoms with Gasteiger partial charge in [0.25, 0.3) is 5.91 Å². The lowest BCUT2D eigenvalue weighted by Crippen LogP contribution is -2.39. The van der Waals surface area contributed by atoms with Gasteiger partial charge in [-0.05, 0) is 31.0 Å². The van der Waals surface area contributed by atoms with E-state index in [9.17, 15) is 9.90 Å². The Kier molecular flexibility index (Phi) is 3.99. The molecule has 3 aromatic rings. The van der Waals surface area contributed by atoms with Crippen molar-refractivity contribution < 1.29 is 14.4 Å². The van der Waals surface area contributed by atoms with Crippen LogP contribution in [0.15, 0.2) is 35.1 Å². The van der Waals surface area contributed by atoms with Crippen LogP contribution >= 0.6 is 0 Å². The molecule has 2 N–H and O–H groups in total. The summed E-state index contributed by atoms with van der Waals surface area (Å²) in [4.78, 5) is 22.5. The molecule has 0 aliphatic carbocycles. The van der Waals surface area contributed by atoms with Crippen molar-refractivity contribution in [2.75, 3.05) is 6.54 Å². The minimum Gasteiger partial charge on any atom is -0.508 e. The van der Waals surface area contributed by atoms with Gasteiger partial charge in [-0.3, -0.25) is 4.79 Å². The number of nitrogens with one attached hydrogen (secondary N) is 1. The fourth-order valence-electron chi connectivity index (χ4n) is 3.57. The number of phenolic OH excluding ortho intramolecular Hbond substituents is 1. The van der Waals surface area contributed by atoms with Gasteiger partial charge in [0.05, 0.1) is 30.0 Å². The summed E-state index contributed by atoms with van der Waals surface area (Å²) in [6.45, 7) is 4.65. The van der Waals surface area contributed by atoms with E-state index in [0.29, 0.717) is 36.5 Å². The van der Waals surface area contributed by atoms with Crippen molar-refractivity contribution in [2.45, 2.75) is 32.7 Å². The molecule has 4 rings (SSSR count). The Labute approximate surface area is 150 Å². The summed E-state index contributed by atoms with van der Waals surface area (Å²) >= 11 is 0. The normalized spacial score (nSPS) is 16.5. The molecule has 1 aliphatic rings. The van der Waals surface area contributed by atoms with Gasteiger partial charge in [-0.15, -0.1) is 0 Å². The van der Waals surface area contributed by atoms with Crippen LogP contribution in [-0.2, 0) is 13.0 Å². The van der Waals surface area contributed by atoms with Crippen molar-refractivity contribution in [1.82, 2.24) is 20.0 Å². The van der Waals surface area contributed by atoms with Crippen LogP contribution in [0, 0.1) is 6.92 Å². The summed E-state index contributed by atoms with van der Waals surface area (Å²) in [7, 11) is 0. The molecule has 1 unspecified atom stereocenters. The molecule has 3 heterocycles. The number of imidazole rings is 1. The van der Waals surface area contributed by atoms with E-state index in [4.69, 9.17) is 4.52 Å². The minimum absolute atomic E-state index is 0.0917. The summed E-state index contributed by atoms with van der Waals surface area (Å²) in [6.07, 6.45) is 2.29. The van der Waals surface area contributed by atoms with Crippen molar-refractivity contribution >= 4 is 5.91 Å². The largest absolute Gasteiger partial charge is 0.508 e. The van der Waals surface area contributed by atoms with E-state index in [1.807, 2.05) is 13.0 Å². The van der Waals surface area contributed by atoms with Crippen LogP contribution in [0.2, 0.25) is 0 Å². The van der Waals surface area contributed by atoms with E-state index >= 15 is 0 Å². The number of phenols is 1. The van der Waals surface area contributed by atoms with Gasteiger partial charge in [-0.25, -0.2) is 4.98 Å². The molecular formula is C19H20N4O3. The fourth-order valence-corrected chi connectivity index (χ4v) is 3.57. The first-order valence-electron chi connectivity index (χ1n) is 8.64. The topological polar surface area (TPSA) is 95.3 Å². The lowest BCUT2D eigenvalue weighted by molar-refractivity contribution is 0.0719. The predicted molar refractivity (Wildman–Crippen MR) is 93.9 cm³/mol. The molecule has 0 saturated carbocycles. The third kappa shape index (κ3) is 2.65. The van der Waals surface area contributed by atoms with E-state index in [2.05, 4.69) is 15.1 Å². The molecule has 0 bridgehead atoms. The van der Waals surface area contributed by atoms with Crippen LogP contribution in [0.5, 0.6) is 5.75 Å². The number of hydrogen-bond donors (Lipinski definition) is 2. The Morgan fingerprint density at radius 3 is 3.08 bits per heavy atom. The smallest absolute Gasteiger partial charge is 0.259 e. The van der Waals surface area contributed by atoms with Crippen LogP contribution in [0.1, 0.15) is 51.6 Å². The van der Waals surface area contributed by atoms with Crippen molar-refractivity contribution in [2.24, 2.45) is 0 Å². The Morgan fingerprint density at radius 1 is 1.46 bits per heavy atom. The molecule has 1 aromatic carbocycles. The van der Waals surface area contributed by atoms with Crippen LogP contribution < -0.4 is 0 Å². The first-order chi connectivity index (χ1) is 12.6. The summed E-state index contributed by atoms with van der Waals surface area (Å²) in [5.41, 5.74) is 3.97. The fraction of sp³-hybridized carbons (Fsp3) is 0.316. The molecule has 1 aliphatic heterocycles. The average Bonchev–Trinajstić information content (AvgIpc) is 3.26. The third-order valence-electron chi connectivity index (χ3n) is 4.88. The number of benzene rings is 1. The number of fused-ring (bicyclic) bond motifs is 1. The Bertz CT molecular complexity index is 959. The number of rotatable bonds is 3. The second kappa shape index (κ2) is 6.33. The first-order valence-corrected chi connectivity index (χ1v) is 8.64. The molecule has 134 valence electrons. The van der Waals surface area contributed by atoms with Gasteiger partial charge >= 0.3 is 0 Å². The lowest BCUT2D eigenvalue weighted by atomic mass is 9.90. The summed E-state index contributed by atoms with van der Waals surface area (Å²) < 4.78 is 5.23. The molecular weight excluding hydrogens is 332 g/mol. The predicted octanol–water partition coefficient (Wildman–Crippen LogP) is 2.76. The van der Waals surface area contributed by atoms with E-state index < -0.39 is 0 Å². The summed E-state index contributed by atoms with van der Waals surface area (Å²) in [5.74, 6) is 0.541. The monoisotopic (exact) mass is 352 g/mol. The maximum absolute atomic E-state index is 13.2. The maximum Gasteiger partial charge on any atom is 0.259 e. The standard InChI is InChI=1S/C19H20N4O3/c1-3-15-17(11(2)26-22-15)19(25)23-8-14(12-5-4-6-13(24)7-12)18-16(9-23)20-10-21-18/h4-7,10,14,24H,3,8-9H2,1-2H3,(H,20,21). The SMILES string of the molecule is CCc1noc(C)c1C(=O)N1Cc2[nH]cnc2C(c2cccc(O)c2)C1. The highest BCUT2D eigenvalue weighted by Gasteiger charge is 2.34. The number of hydrogen-bond acceptors (Lipinski definition) is 5. The Balaban J connectivity index is 1.72. The molecule has 7 heteroatoms. The number of aromatic hydroxyl groups is 1. The highest BCUT2D eigenvalue weighted by atomic mass is 16.5. The average molecular weight is 352 g/mol. The van der Waals surface area contributed by atoms with Crippen LogP contribution in [0.25, 0.3) is 0 Å². The maximum atomic E-state index is 13.2. The van der Waals surface area contributed by atoms with Crippen LogP contribution in [-0.4, -0.2) is 37.6 Å². The number of aromatic nitrogens is 3. The number of carbonyl (C=O) groups excluding carboxylic acids is 1. The summed E-state index contributed by atoms with van der Waals surface area (Å²) in [6, 6.07) is 7.10. The van der Waals surface area contributed by atoms with E-state index in [0.717, 1.165) is 17.0 Å². The van der Waals surface area contributed by atoms with E-state index in [1.54, 1.807) is 36.4 Å². The number of H-pyrrole nitrogens is 1. The number of aromatic amines is 1. The Morgan fingerprint density at radius 2 is 2.31 bits per heavy atom. The van der Waals surface area contributed by atoms with E-state index in [1.165, 1.54) is 0 Å². The number of carbonyl (C=O) groups is 1.